The molecule has 0 amide bonds. The molecule has 0 aliphatic carbocycles. The second kappa shape index (κ2) is 24.5. The molecule has 0 spiro atoms. The zero-order valence-corrected chi connectivity index (χ0v) is 39.5. The second-order valence-electron chi connectivity index (χ2n) is 15.4. The fourth-order valence-corrected chi connectivity index (χ4v) is 7.59. The van der Waals surface area contributed by atoms with Crippen LogP contribution < -0.4 is 21.3 Å². The number of ether oxygens (including phenoxy) is 4. The summed E-state index contributed by atoms with van der Waals surface area (Å²) in [6, 6.07) is 26.8. The summed E-state index contributed by atoms with van der Waals surface area (Å²) >= 11 is 0. The van der Waals surface area contributed by atoms with Gasteiger partial charge in [0.15, 0.2) is 0 Å². The molecular weight excluding hydrogens is 917 g/mol. The molecule has 0 aliphatic heterocycles. The van der Waals surface area contributed by atoms with Crippen molar-refractivity contribution in [2.75, 3.05) is 75.1 Å². The van der Waals surface area contributed by atoms with E-state index in [1.807, 2.05) is 68.4 Å². The third-order valence-electron chi connectivity index (χ3n) is 9.67. The predicted octanol–water partition coefficient (Wildman–Crippen LogP) is 6.32. The van der Waals surface area contributed by atoms with E-state index in [1.54, 1.807) is 32.4 Å². The van der Waals surface area contributed by atoms with Gasteiger partial charge in [0.25, 0.3) is 20.2 Å². The summed E-state index contributed by atoms with van der Waals surface area (Å²) in [6.07, 6.45) is 3.84. The molecule has 0 aliphatic rings. The largest absolute Gasteiger partial charge is 0.382 e. The molecule has 68 heavy (non-hydrogen) atoms. The minimum absolute atomic E-state index is 0.0513. The Morgan fingerprint density at radius 1 is 0.559 bits per heavy atom. The minimum Gasteiger partial charge on any atom is -0.382 e. The molecular formula is C46H54N10O10S2. The summed E-state index contributed by atoms with van der Waals surface area (Å²) in [4.78, 5) is 26.9. The quantitative estimate of drug-likeness (QED) is 0.0197. The van der Waals surface area contributed by atoms with Crippen LogP contribution in [0.15, 0.2) is 107 Å². The number of nitrogens with zero attached hydrogens (tertiary/aromatic N) is 6. The van der Waals surface area contributed by atoms with E-state index in [4.69, 9.17) is 18.9 Å². The number of methoxy groups -OCH3 is 2. The van der Waals surface area contributed by atoms with Crippen LogP contribution in [0.2, 0.25) is 0 Å². The molecule has 2 aromatic heterocycles. The van der Waals surface area contributed by atoms with Gasteiger partial charge in [0.2, 0.25) is 23.8 Å². The van der Waals surface area contributed by atoms with E-state index in [0.29, 0.717) is 69.3 Å². The molecule has 2 heterocycles. The number of hydrogen-bond donors (Lipinski definition) is 6. The molecule has 0 saturated carbocycles. The van der Waals surface area contributed by atoms with Gasteiger partial charge >= 0.3 is 0 Å². The van der Waals surface area contributed by atoms with Gasteiger partial charge in [-0.05, 0) is 72.5 Å². The Hall–Kier alpha value is -6.50. The van der Waals surface area contributed by atoms with Crippen molar-refractivity contribution in [1.82, 2.24) is 29.9 Å². The lowest BCUT2D eigenvalue weighted by atomic mass is 10.1. The SMILES string of the molecule is COCCOCC(C)Nc1nc(Cc2ccc(/C=C/c3ccc(Nc4nc(Cc5ccc(S(=O)(=O)O)cc5)nc(NC(C)COCCOC)n4)cc3S(=O)(=O)O)cc2)nc(Nc2ccccc2)n1. The first-order chi connectivity index (χ1) is 32.6. The molecule has 0 bridgehead atoms. The number of aromatic nitrogens is 6. The lowest BCUT2D eigenvalue weighted by molar-refractivity contribution is 0.0676. The molecule has 0 saturated heterocycles. The van der Waals surface area contributed by atoms with Gasteiger partial charge in [-0.15, -0.1) is 0 Å². The number of para-hydroxylation sites is 1. The standard InChI is InChI=1S/C46H54N10O10S2/c1-31(29-65-24-22-63-3)47-43-51-41(53-45(55-43)49-37-8-6-5-7-9-37)26-34-12-10-33(11-13-34)14-17-36-18-19-38(28-40(36)68(60,61)62)50-46-54-42(27-35-15-20-39(21-16-35)67(57,58)59)52-44(56-46)48-32(2)30-66-25-23-64-4/h5-21,28,31-32H,22-27,29-30H2,1-4H3,(H,57,58,59)(H,60,61,62)(H2,47,49,51,53,55)(H2,48,50,52,54,56)/b17-14+. The Balaban J connectivity index is 1.18. The van der Waals surface area contributed by atoms with Crippen molar-refractivity contribution in [2.24, 2.45) is 0 Å². The highest BCUT2D eigenvalue weighted by Gasteiger charge is 2.18. The maximum atomic E-state index is 12.7. The third kappa shape index (κ3) is 16.4. The van der Waals surface area contributed by atoms with Gasteiger partial charge in [-0.25, -0.2) is 0 Å². The summed E-state index contributed by atoms with van der Waals surface area (Å²) in [7, 11) is -5.91. The van der Waals surface area contributed by atoms with Crippen molar-refractivity contribution in [1.29, 1.82) is 0 Å². The van der Waals surface area contributed by atoms with E-state index in [-0.39, 0.29) is 57.3 Å². The van der Waals surface area contributed by atoms with Crippen LogP contribution in [-0.4, -0.2) is 122 Å². The van der Waals surface area contributed by atoms with Crippen molar-refractivity contribution in [3.63, 3.8) is 0 Å². The first-order valence-corrected chi connectivity index (χ1v) is 24.2. The Morgan fingerprint density at radius 3 is 1.56 bits per heavy atom. The number of benzene rings is 4. The van der Waals surface area contributed by atoms with Crippen molar-refractivity contribution in [3.05, 3.63) is 131 Å². The van der Waals surface area contributed by atoms with Crippen LogP contribution in [0.3, 0.4) is 0 Å². The Labute approximate surface area is 395 Å². The van der Waals surface area contributed by atoms with Gasteiger partial charge in [0.05, 0.1) is 44.5 Å². The smallest absolute Gasteiger partial charge is 0.295 e. The van der Waals surface area contributed by atoms with E-state index in [1.165, 1.54) is 36.4 Å². The molecule has 20 nitrogen and oxygen atoms in total. The van der Waals surface area contributed by atoms with Crippen molar-refractivity contribution < 1.29 is 44.9 Å². The number of hydrogen-bond acceptors (Lipinski definition) is 18. The second-order valence-corrected chi connectivity index (χ2v) is 18.2. The van der Waals surface area contributed by atoms with Gasteiger partial charge in [-0.1, -0.05) is 72.8 Å². The lowest BCUT2D eigenvalue weighted by Gasteiger charge is -2.16. The Kier molecular flexibility index (Phi) is 18.3. The van der Waals surface area contributed by atoms with E-state index in [2.05, 4.69) is 51.2 Å². The van der Waals surface area contributed by atoms with Crippen LogP contribution >= 0.6 is 0 Å². The highest BCUT2D eigenvalue weighted by atomic mass is 32.2. The maximum Gasteiger partial charge on any atom is 0.295 e. The average molecular weight is 971 g/mol. The molecule has 6 aromatic rings. The lowest BCUT2D eigenvalue weighted by Crippen LogP contribution is -2.24. The monoisotopic (exact) mass is 970 g/mol. The molecule has 360 valence electrons. The summed E-state index contributed by atoms with van der Waals surface area (Å²) < 4.78 is 89.8. The summed E-state index contributed by atoms with van der Waals surface area (Å²) in [5.41, 5.74) is 3.59. The summed E-state index contributed by atoms with van der Waals surface area (Å²) in [5.74, 6) is 1.80. The maximum absolute atomic E-state index is 12.7. The van der Waals surface area contributed by atoms with Gasteiger partial charge in [0, 0.05) is 50.5 Å². The van der Waals surface area contributed by atoms with Crippen molar-refractivity contribution in [2.45, 2.75) is 48.6 Å². The van der Waals surface area contributed by atoms with Gasteiger partial charge in [0.1, 0.15) is 16.5 Å². The first-order valence-electron chi connectivity index (χ1n) is 21.3. The van der Waals surface area contributed by atoms with Crippen LogP contribution in [-0.2, 0) is 52.0 Å². The highest BCUT2D eigenvalue weighted by Crippen LogP contribution is 2.26. The molecule has 6 rings (SSSR count). The van der Waals surface area contributed by atoms with Gasteiger partial charge in [-0.2, -0.15) is 46.7 Å². The molecule has 0 fully saturated rings. The molecule has 6 N–H and O–H groups in total. The zero-order chi connectivity index (χ0) is 48.5. The first kappa shape index (κ1) is 50.9. The highest BCUT2D eigenvalue weighted by molar-refractivity contribution is 7.86. The molecule has 22 heteroatoms. The van der Waals surface area contributed by atoms with Crippen molar-refractivity contribution >= 4 is 67.6 Å². The van der Waals surface area contributed by atoms with E-state index < -0.39 is 20.2 Å². The van der Waals surface area contributed by atoms with Crippen molar-refractivity contribution in [3.8, 4) is 0 Å². The average Bonchev–Trinajstić information content (AvgIpc) is 3.29. The number of anilines is 6. The predicted molar refractivity (Wildman–Crippen MR) is 258 cm³/mol. The van der Waals surface area contributed by atoms with Crippen LogP contribution in [0, 0.1) is 0 Å². The normalized spacial score (nSPS) is 12.7. The van der Waals surface area contributed by atoms with Gasteiger partial charge in [-0.3, -0.25) is 9.11 Å². The van der Waals surface area contributed by atoms with E-state index in [9.17, 15) is 25.9 Å². The molecule has 4 aromatic carbocycles. The van der Waals surface area contributed by atoms with Crippen LogP contribution in [0.1, 0.15) is 47.8 Å². The number of nitrogens with one attached hydrogen (secondary N) is 4. The number of rotatable bonds is 26. The van der Waals surface area contributed by atoms with Crippen LogP contribution in [0.5, 0.6) is 0 Å². The topological polar surface area (TPSA) is 271 Å². The zero-order valence-electron chi connectivity index (χ0n) is 37.9. The van der Waals surface area contributed by atoms with Crippen LogP contribution in [0.4, 0.5) is 35.2 Å². The van der Waals surface area contributed by atoms with Crippen LogP contribution in [0.25, 0.3) is 12.2 Å². The Morgan fingerprint density at radius 2 is 1.06 bits per heavy atom. The summed E-state index contributed by atoms with van der Waals surface area (Å²) in [6.45, 7) is 6.33. The minimum atomic E-state index is -4.72. The fourth-order valence-electron chi connectivity index (χ4n) is 6.40. The van der Waals surface area contributed by atoms with E-state index >= 15 is 0 Å². The van der Waals surface area contributed by atoms with E-state index in [0.717, 1.165) is 16.8 Å². The van der Waals surface area contributed by atoms with Gasteiger partial charge < -0.3 is 40.2 Å². The third-order valence-corrected chi connectivity index (χ3v) is 11.4. The summed E-state index contributed by atoms with van der Waals surface area (Å²) in [5, 5.41) is 12.7. The molecule has 0 radical (unpaired) electrons. The molecule has 2 atom stereocenters. The fraction of sp³-hybridized carbons (Fsp3) is 0.304. The Bertz CT molecular complexity index is 2830. The molecule has 2 unspecified atom stereocenters.